The van der Waals surface area contributed by atoms with E-state index in [1.807, 2.05) is 7.05 Å². The average Bonchev–Trinajstić information content (AvgIpc) is 2.78. The van der Waals surface area contributed by atoms with Gasteiger partial charge in [0.1, 0.15) is 0 Å². The number of halogens is 1. The molecule has 1 saturated heterocycles. The minimum atomic E-state index is 0. The van der Waals surface area contributed by atoms with E-state index >= 15 is 0 Å². The van der Waals surface area contributed by atoms with Gasteiger partial charge in [0.15, 0.2) is 5.96 Å². The summed E-state index contributed by atoms with van der Waals surface area (Å²) in [5.41, 5.74) is 1.35. The standard InChI is InChI=1S/C23H41N5O.HI/c1-3-4-20-29-21-10-14-26-23(24-2)25-13-8-9-15-27-16-18-28(19-17-27)22-11-6-5-7-12-22;/h5-7,11-12H,3-4,8-10,13-21H2,1-2H3,(H2,24,25,26);1H. The van der Waals surface area contributed by atoms with E-state index < -0.39 is 0 Å². The van der Waals surface area contributed by atoms with Gasteiger partial charge >= 0.3 is 0 Å². The molecule has 1 aromatic carbocycles. The Bertz CT molecular complexity index is 550. The van der Waals surface area contributed by atoms with Crippen LogP contribution in [-0.2, 0) is 4.74 Å². The van der Waals surface area contributed by atoms with Gasteiger partial charge in [0, 0.05) is 65.2 Å². The Hall–Kier alpha value is -1.06. The van der Waals surface area contributed by atoms with E-state index in [0.29, 0.717) is 0 Å². The van der Waals surface area contributed by atoms with Crippen LogP contribution in [0.3, 0.4) is 0 Å². The van der Waals surface area contributed by atoms with Gasteiger partial charge in [0.25, 0.3) is 0 Å². The number of piperazine rings is 1. The molecule has 2 rings (SSSR count). The average molecular weight is 532 g/mol. The summed E-state index contributed by atoms with van der Waals surface area (Å²) in [5, 5.41) is 6.78. The molecule has 0 aromatic heterocycles. The topological polar surface area (TPSA) is 52.1 Å². The van der Waals surface area contributed by atoms with Gasteiger partial charge in [-0.2, -0.15) is 0 Å². The van der Waals surface area contributed by atoms with E-state index in [1.54, 1.807) is 0 Å². The first-order chi connectivity index (χ1) is 14.3. The van der Waals surface area contributed by atoms with Crippen LogP contribution in [0, 0.1) is 0 Å². The summed E-state index contributed by atoms with van der Waals surface area (Å²) in [6.45, 7) is 11.5. The molecule has 1 aromatic rings. The smallest absolute Gasteiger partial charge is 0.190 e. The molecule has 1 aliphatic heterocycles. The molecule has 1 heterocycles. The molecule has 0 atom stereocenters. The summed E-state index contributed by atoms with van der Waals surface area (Å²) < 4.78 is 5.58. The van der Waals surface area contributed by atoms with E-state index in [2.05, 4.69) is 62.7 Å². The maximum Gasteiger partial charge on any atom is 0.190 e. The van der Waals surface area contributed by atoms with Crippen molar-refractivity contribution in [2.75, 3.05) is 71.0 Å². The Kier molecular flexibility index (Phi) is 15.8. The molecule has 0 amide bonds. The number of hydrogen-bond acceptors (Lipinski definition) is 4. The number of hydrogen-bond donors (Lipinski definition) is 2. The summed E-state index contributed by atoms with van der Waals surface area (Å²) in [5.74, 6) is 0.898. The molecule has 2 N–H and O–H groups in total. The molecule has 0 radical (unpaired) electrons. The fourth-order valence-corrected chi connectivity index (χ4v) is 3.49. The van der Waals surface area contributed by atoms with Crippen molar-refractivity contribution in [3.05, 3.63) is 30.3 Å². The predicted octanol–water partition coefficient (Wildman–Crippen LogP) is 3.58. The molecular weight excluding hydrogens is 489 g/mol. The van der Waals surface area contributed by atoms with Gasteiger partial charge in [-0.05, 0) is 44.4 Å². The van der Waals surface area contributed by atoms with Gasteiger partial charge in [-0.15, -0.1) is 24.0 Å². The highest BCUT2D eigenvalue weighted by molar-refractivity contribution is 14.0. The number of ether oxygens (including phenoxy) is 1. The lowest BCUT2D eigenvalue weighted by Gasteiger charge is -2.36. The van der Waals surface area contributed by atoms with Crippen molar-refractivity contribution in [2.45, 2.75) is 39.0 Å². The van der Waals surface area contributed by atoms with Crippen LogP contribution < -0.4 is 15.5 Å². The first-order valence-corrected chi connectivity index (χ1v) is 11.4. The molecule has 172 valence electrons. The quantitative estimate of drug-likeness (QED) is 0.177. The third-order valence-corrected chi connectivity index (χ3v) is 5.31. The summed E-state index contributed by atoms with van der Waals surface area (Å²) in [7, 11) is 1.83. The zero-order chi connectivity index (χ0) is 20.6. The third-order valence-electron chi connectivity index (χ3n) is 5.31. The summed E-state index contributed by atoms with van der Waals surface area (Å²) in [4.78, 5) is 9.37. The molecule has 0 aliphatic carbocycles. The molecule has 1 fully saturated rings. The zero-order valence-corrected chi connectivity index (χ0v) is 21.3. The lowest BCUT2D eigenvalue weighted by Crippen LogP contribution is -2.46. The monoisotopic (exact) mass is 531 g/mol. The van der Waals surface area contributed by atoms with Crippen LogP contribution in [0.1, 0.15) is 39.0 Å². The highest BCUT2D eigenvalue weighted by Crippen LogP contribution is 2.15. The highest BCUT2D eigenvalue weighted by atomic mass is 127. The molecule has 30 heavy (non-hydrogen) atoms. The fourth-order valence-electron chi connectivity index (χ4n) is 3.49. The van der Waals surface area contributed by atoms with Gasteiger partial charge < -0.3 is 20.3 Å². The molecule has 1 aliphatic rings. The molecular formula is C23H42IN5O. The number of unbranched alkanes of at least 4 members (excludes halogenated alkanes) is 2. The van der Waals surface area contributed by atoms with Crippen LogP contribution in [0.15, 0.2) is 35.3 Å². The zero-order valence-electron chi connectivity index (χ0n) is 18.9. The number of anilines is 1. The Labute approximate surface area is 200 Å². The molecule has 0 unspecified atom stereocenters. The van der Waals surface area contributed by atoms with Gasteiger partial charge in [0.2, 0.25) is 0 Å². The molecule has 6 nitrogen and oxygen atoms in total. The normalized spacial score (nSPS) is 15.0. The Morgan fingerprint density at radius 2 is 1.60 bits per heavy atom. The van der Waals surface area contributed by atoms with Crippen molar-refractivity contribution in [1.29, 1.82) is 0 Å². The van der Waals surface area contributed by atoms with Crippen LogP contribution in [0.5, 0.6) is 0 Å². The first kappa shape index (κ1) is 27.0. The largest absolute Gasteiger partial charge is 0.381 e. The van der Waals surface area contributed by atoms with E-state index in [0.717, 1.165) is 71.3 Å². The minimum Gasteiger partial charge on any atom is -0.381 e. The number of para-hydroxylation sites is 1. The van der Waals surface area contributed by atoms with Crippen LogP contribution in [0.4, 0.5) is 5.69 Å². The van der Waals surface area contributed by atoms with Gasteiger partial charge in [0.05, 0.1) is 0 Å². The summed E-state index contributed by atoms with van der Waals surface area (Å²) in [6, 6.07) is 10.8. The van der Waals surface area contributed by atoms with E-state index in [1.165, 1.54) is 31.5 Å². The maximum atomic E-state index is 5.58. The van der Waals surface area contributed by atoms with Gasteiger partial charge in [-0.3, -0.25) is 9.89 Å². The summed E-state index contributed by atoms with van der Waals surface area (Å²) in [6.07, 6.45) is 5.75. The maximum absolute atomic E-state index is 5.58. The molecule has 0 saturated carbocycles. The Morgan fingerprint density at radius 3 is 2.27 bits per heavy atom. The Morgan fingerprint density at radius 1 is 0.933 bits per heavy atom. The van der Waals surface area contributed by atoms with Crippen molar-refractivity contribution < 1.29 is 4.74 Å². The fraction of sp³-hybridized carbons (Fsp3) is 0.696. The number of nitrogens with one attached hydrogen (secondary N) is 2. The molecule has 0 spiro atoms. The summed E-state index contributed by atoms with van der Waals surface area (Å²) >= 11 is 0. The van der Waals surface area contributed by atoms with Crippen molar-refractivity contribution in [1.82, 2.24) is 15.5 Å². The Balaban J connectivity index is 0.00000450. The highest BCUT2D eigenvalue weighted by Gasteiger charge is 2.16. The second-order valence-corrected chi connectivity index (χ2v) is 7.62. The number of rotatable bonds is 13. The SMILES string of the molecule is CCCCOCCCNC(=NC)NCCCCN1CCN(c2ccccc2)CC1.I. The van der Waals surface area contributed by atoms with Gasteiger partial charge in [-0.25, -0.2) is 0 Å². The lowest BCUT2D eigenvalue weighted by atomic mass is 10.2. The van der Waals surface area contributed by atoms with Crippen LogP contribution >= 0.6 is 24.0 Å². The third kappa shape index (κ3) is 11.4. The van der Waals surface area contributed by atoms with E-state index in [4.69, 9.17) is 4.74 Å². The number of aliphatic imine (C=N–C) groups is 1. The number of nitrogens with zero attached hydrogens (tertiary/aromatic N) is 3. The van der Waals surface area contributed by atoms with E-state index in [9.17, 15) is 0 Å². The minimum absolute atomic E-state index is 0. The van der Waals surface area contributed by atoms with Gasteiger partial charge in [-0.1, -0.05) is 31.5 Å². The molecule has 0 bridgehead atoms. The second kappa shape index (κ2) is 17.6. The van der Waals surface area contributed by atoms with E-state index in [-0.39, 0.29) is 24.0 Å². The van der Waals surface area contributed by atoms with Crippen LogP contribution in [0.2, 0.25) is 0 Å². The predicted molar refractivity (Wildman–Crippen MR) is 139 cm³/mol. The first-order valence-electron chi connectivity index (χ1n) is 11.4. The van der Waals surface area contributed by atoms with Crippen LogP contribution in [-0.4, -0.2) is 76.9 Å². The number of benzene rings is 1. The lowest BCUT2D eigenvalue weighted by molar-refractivity contribution is 0.129. The van der Waals surface area contributed by atoms with Crippen molar-refractivity contribution >= 4 is 35.6 Å². The number of guanidine groups is 1. The molecule has 7 heteroatoms. The second-order valence-electron chi connectivity index (χ2n) is 7.62. The van der Waals surface area contributed by atoms with Crippen molar-refractivity contribution in [2.24, 2.45) is 4.99 Å². The van der Waals surface area contributed by atoms with Crippen LogP contribution in [0.25, 0.3) is 0 Å². The van der Waals surface area contributed by atoms with Crippen molar-refractivity contribution in [3.8, 4) is 0 Å². The van der Waals surface area contributed by atoms with Crippen molar-refractivity contribution in [3.63, 3.8) is 0 Å².